The van der Waals surface area contributed by atoms with Crippen molar-refractivity contribution < 1.29 is 9.53 Å². The van der Waals surface area contributed by atoms with Gasteiger partial charge in [-0.3, -0.25) is 9.69 Å². The average molecular weight is 383 g/mol. The molecule has 150 valence electrons. The molecule has 1 aliphatic heterocycles. The fourth-order valence-corrected chi connectivity index (χ4v) is 3.63. The van der Waals surface area contributed by atoms with Crippen molar-refractivity contribution in [3.8, 4) is 5.75 Å². The van der Waals surface area contributed by atoms with E-state index in [0.717, 1.165) is 44.0 Å². The number of benzene rings is 2. The van der Waals surface area contributed by atoms with Crippen LogP contribution < -0.4 is 15.4 Å². The second-order valence-electron chi connectivity index (χ2n) is 7.38. The van der Waals surface area contributed by atoms with Crippen molar-refractivity contribution in [1.29, 1.82) is 0 Å². The van der Waals surface area contributed by atoms with Gasteiger partial charge in [0.2, 0.25) is 0 Å². The summed E-state index contributed by atoms with van der Waals surface area (Å²) in [4.78, 5) is 18.8. The number of hydrogen-bond acceptors (Lipinski definition) is 5. The SMILES string of the molecule is COc1cccc(N2CCN(CC(N)c3ccccc3C(=O)N(C)C)CC2)c1. The van der Waals surface area contributed by atoms with Crippen LogP contribution in [0, 0.1) is 0 Å². The van der Waals surface area contributed by atoms with Gasteiger partial charge in [-0.05, 0) is 23.8 Å². The molecule has 0 radical (unpaired) electrons. The van der Waals surface area contributed by atoms with Gasteiger partial charge in [-0.2, -0.15) is 0 Å². The standard InChI is InChI=1S/C22H30N4O2/c1-24(2)22(27)20-10-5-4-9-19(20)21(23)16-25-11-13-26(14-12-25)17-7-6-8-18(15-17)28-3/h4-10,15,21H,11-14,16,23H2,1-3H3. The molecule has 1 atom stereocenters. The number of hydrogen-bond donors (Lipinski definition) is 1. The van der Waals surface area contributed by atoms with Gasteiger partial charge in [0, 0.05) is 70.2 Å². The molecule has 0 spiro atoms. The van der Waals surface area contributed by atoms with Crippen molar-refractivity contribution in [2.45, 2.75) is 6.04 Å². The number of anilines is 1. The predicted octanol–water partition coefficient (Wildman–Crippen LogP) is 2.22. The van der Waals surface area contributed by atoms with Gasteiger partial charge in [-0.15, -0.1) is 0 Å². The summed E-state index contributed by atoms with van der Waals surface area (Å²) in [5.74, 6) is 0.873. The Morgan fingerprint density at radius 1 is 1.11 bits per heavy atom. The number of methoxy groups -OCH3 is 1. The zero-order valence-corrected chi connectivity index (χ0v) is 17.0. The van der Waals surface area contributed by atoms with Crippen LogP contribution in [0.2, 0.25) is 0 Å². The summed E-state index contributed by atoms with van der Waals surface area (Å²) in [5, 5.41) is 0. The Morgan fingerprint density at radius 3 is 2.50 bits per heavy atom. The molecule has 2 aromatic carbocycles. The highest BCUT2D eigenvalue weighted by Gasteiger charge is 2.22. The van der Waals surface area contributed by atoms with Crippen LogP contribution in [-0.2, 0) is 0 Å². The molecule has 0 saturated carbocycles. The van der Waals surface area contributed by atoms with E-state index in [1.54, 1.807) is 26.1 Å². The smallest absolute Gasteiger partial charge is 0.253 e. The minimum Gasteiger partial charge on any atom is -0.497 e. The number of rotatable bonds is 6. The second kappa shape index (κ2) is 9.08. The van der Waals surface area contributed by atoms with Crippen LogP contribution in [0.4, 0.5) is 5.69 Å². The lowest BCUT2D eigenvalue weighted by molar-refractivity contribution is 0.0825. The highest BCUT2D eigenvalue weighted by Crippen LogP contribution is 2.23. The van der Waals surface area contributed by atoms with E-state index in [1.165, 1.54) is 5.69 Å². The van der Waals surface area contributed by atoms with Crippen LogP contribution in [0.5, 0.6) is 5.75 Å². The molecule has 0 aliphatic carbocycles. The van der Waals surface area contributed by atoms with Crippen molar-refractivity contribution in [2.75, 3.05) is 58.8 Å². The Morgan fingerprint density at radius 2 is 1.82 bits per heavy atom. The lowest BCUT2D eigenvalue weighted by atomic mass is 9.99. The number of amides is 1. The molecular weight excluding hydrogens is 352 g/mol. The summed E-state index contributed by atoms with van der Waals surface area (Å²) < 4.78 is 5.33. The summed E-state index contributed by atoms with van der Waals surface area (Å²) in [6.07, 6.45) is 0. The molecule has 2 aromatic rings. The number of nitrogens with zero attached hydrogens (tertiary/aromatic N) is 3. The highest BCUT2D eigenvalue weighted by molar-refractivity contribution is 5.95. The van der Waals surface area contributed by atoms with E-state index >= 15 is 0 Å². The molecule has 3 rings (SSSR count). The number of piperazine rings is 1. The number of nitrogens with two attached hydrogens (primary N) is 1. The van der Waals surface area contributed by atoms with Gasteiger partial charge >= 0.3 is 0 Å². The van der Waals surface area contributed by atoms with Crippen LogP contribution in [0.25, 0.3) is 0 Å². The molecule has 1 saturated heterocycles. The molecule has 1 heterocycles. The van der Waals surface area contributed by atoms with Gasteiger partial charge in [0.15, 0.2) is 0 Å². The van der Waals surface area contributed by atoms with E-state index < -0.39 is 0 Å². The van der Waals surface area contributed by atoms with Crippen molar-refractivity contribution in [1.82, 2.24) is 9.80 Å². The molecular formula is C22H30N4O2. The van der Waals surface area contributed by atoms with E-state index in [2.05, 4.69) is 21.9 Å². The minimum absolute atomic E-state index is 0.00565. The van der Waals surface area contributed by atoms with Gasteiger partial charge in [0.1, 0.15) is 5.75 Å². The zero-order valence-electron chi connectivity index (χ0n) is 17.0. The largest absolute Gasteiger partial charge is 0.497 e. The van der Waals surface area contributed by atoms with Crippen LogP contribution >= 0.6 is 0 Å². The molecule has 0 bridgehead atoms. The maximum absolute atomic E-state index is 12.5. The highest BCUT2D eigenvalue weighted by atomic mass is 16.5. The van der Waals surface area contributed by atoms with Gasteiger partial charge in [0.25, 0.3) is 5.91 Å². The molecule has 0 aromatic heterocycles. The third kappa shape index (κ3) is 4.64. The average Bonchev–Trinajstić information content (AvgIpc) is 2.73. The van der Waals surface area contributed by atoms with E-state index in [-0.39, 0.29) is 11.9 Å². The molecule has 28 heavy (non-hydrogen) atoms. The first-order chi connectivity index (χ1) is 13.5. The number of carbonyl (C=O) groups is 1. The summed E-state index contributed by atoms with van der Waals surface area (Å²) in [6.45, 7) is 4.50. The van der Waals surface area contributed by atoms with E-state index in [0.29, 0.717) is 5.56 Å². The topological polar surface area (TPSA) is 62.0 Å². The van der Waals surface area contributed by atoms with Gasteiger partial charge in [-0.25, -0.2) is 0 Å². The molecule has 6 heteroatoms. The Labute approximate surface area is 167 Å². The Kier molecular flexibility index (Phi) is 6.54. The predicted molar refractivity (Wildman–Crippen MR) is 113 cm³/mol. The van der Waals surface area contributed by atoms with Crippen LogP contribution in [0.1, 0.15) is 22.0 Å². The van der Waals surface area contributed by atoms with Gasteiger partial charge < -0.3 is 20.3 Å². The maximum Gasteiger partial charge on any atom is 0.253 e. The summed E-state index contributed by atoms with van der Waals surface area (Å²) in [5.41, 5.74) is 9.29. The monoisotopic (exact) mass is 382 g/mol. The molecule has 2 N–H and O–H groups in total. The van der Waals surface area contributed by atoms with E-state index in [9.17, 15) is 4.79 Å². The van der Waals surface area contributed by atoms with Crippen molar-refractivity contribution in [3.63, 3.8) is 0 Å². The lowest BCUT2D eigenvalue weighted by Crippen LogP contribution is -2.48. The Hall–Kier alpha value is -2.57. The van der Waals surface area contributed by atoms with Gasteiger partial charge in [-0.1, -0.05) is 24.3 Å². The van der Waals surface area contributed by atoms with Gasteiger partial charge in [0.05, 0.1) is 7.11 Å². The molecule has 6 nitrogen and oxygen atoms in total. The molecule has 1 fully saturated rings. The van der Waals surface area contributed by atoms with Crippen molar-refractivity contribution >= 4 is 11.6 Å². The second-order valence-corrected chi connectivity index (χ2v) is 7.38. The van der Waals surface area contributed by atoms with E-state index in [1.807, 2.05) is 36.4 Å². The van der Waals surface area contributed by atoms with Crippen LogP contribution in [0.3, 0.4) is 0 Å². The number of carbonyl (C=O) groups excluding carboxylic acids is 1. The Balaban J connectivity index is 1.61. The van der Waals surface area contributed by atoms with Crippen molar-refractivity contribution in [2.24, 2.45) is 5.73 Å². The Bertz CT molecular complexity index is 801. The first-order valence-electron chi connectivity index (χ1n) is 9.67. The fraction of sp³-hybridized carbons (Fsp3) is 0.409. The maximum atomic E-state index is 12.5. The first kappa shape index (κ1) is 20.2. The molecule has 1 unspecified atom stereocenters. The fourth-order valence-electron chi connectivity index (χ4n) is 3.63. The summed E-state index contributed by atoms with van der Waals surface area (Å²) in [6, 6.07) is 15.6. The normalized spacial score (nSPS) is 15.9. The minimum atomic E-state index is -0.191. The van der Waals surface area contributed by atoms with Crippen LogP contribution in [0.15, 0.2) is 48.5 Å². The quantitative estimate of drug-likeness (QED) is 0.830. The third-order valence-corrected chi connectivity index (χ3v) is 5.24. The summed E-state index contributed by atoms with van der Waals surface area (Å²) >= 11 is 0. The van der Waals surface area contributed by atoms with Crippen LogP contribution in [-0.4, -0.2) is 69.6 Å². The molecule has 1 amide bonds. The first-order valence-corrected chi connectivity index (χ1v) is 9.67. The zero-order chi connectivity index (χ0) is 20.1. The summed E-state index contributed by atoms with van der Waals surface area (Å²) in [7, 11) is 5.22. The third-order valence-electron chi connectivity index (χ3n) is 5.24. The lowest BCUT2D eigenvalue weighted by Gasteiger charge is -2.37. The van der Waals surface area contributed by atoms with E-state index in [4.69, 9.17) is 10.5 Å². The molecule has 1 aliphatic rings. The number of ether oxygens (including phenoxy) is 1. The van der Waals surface area contributed by atoms with Crippen molar-refractivity contribution in [3.05, 3.63) is 59.7 Å².